The molecule has 2 aromatic carbocycles. The predicted molar refractivity (Wildman–Crippen MR) is 69.6 cm³/mol. The molecule has 1 N–H and O–H groups in total. The fourth-order valence-electron chi connectivity index (χ4n) is 1.74. The lowest BCUT2D eigenvalue weighted by Gasteiger charge is -2.24. The first-order chi connectivity index (χ1) is 8.85. The number of hydrogen-bond acceptors (Lipinski definition) is 3. The van der Waals surface area contributed by atoms with Crippen LogP contribution in [0.4, 0.5) is 4.39 Å². The van der Waals surface area contributed by atoms with Gasteiger partial charge in [0, 0.05) is 0 Å². The van der Waals surface area contributed by atoms with E-state index in [0.29, 0.717) is 0 Å². The molecular weight excluding hydrogens is 267 g/mol. The van der Waals surface area contributed by atoms with Crippen LogP contribution in [0.3, 0.4) is 0 Å². The van der Waals surface area contributed by atoms with Crippen molar-refractivity contribution in [2.75, 3.05) is 0 Å². The molecule has 19 heavy (non-hydrogen) atoms. The standard InChI is InChI=1S/C14H13FO3S/c1-14(16,11-7-9-12(15)10-8-11)19(17,18)13-5-3-2-4-6-13/h2-10,16H,1H3. The second kappa shape index (κ2) is 4.75. The van der Waals surface area contributed by atoms with E-state index in [9.17, 15) is 17.9 Å². The molecule has 0 bridgehead atoms. The van der Waals surface area contributed by atoms with Crippen LogP contribution >= 0.6 is 0 Å². The Labute approximate surface area is 111 Å². The van der Waals surface area contributed by atoms with Crippen LogP contribution < -0.4 is 0 Å². The van der Waals surface area contributed by atoms with Gasteiger partial charge in [0.25, 0.3) is 0 Å². The summed E-state index contributed by atoms with van der Waals surface area (Å²) in [6, 6.07) is 12.4. The second-order valence-electron chi connectivity index (χ2n) is 4.31. The van der Waals surface area contributed by atoms with Gasteiger partial charge in [-0.05, 0) is 36.8 Å². The molecule has 0 saturated carbocycles. The molecule has 1 unspecified atom stereocenters. The summed E-state index contributed by atoms with van der Waals surface area (Å²) < 4.78 is 37.7. The molecule has 1 atom stereocenters. The molecule has 0 aliphatic heterocycles. The number of aliphatic hydroxyl groups is 1. The smallest absolute Gasteiger partial charge is 0.211 e. The van der Waals surface area contributed by atoms with Gasteiger partial charge in [0.1, 0.15) is 5.82 Å². The van der Waals surface area contributed by atoms with E-state index >= 15 is 0 Å². The molecule has 0 aliphatic carbocycles. The summed E-state index contributed by atoms with van der Waals surface area (Å²) in [6.07, 6.45) is 0. The van der Waals surface area contributed by atoms with Crippen LogP contribution in [0.25, 0.3) is 0 Å². The Kier molecular flexibility index (Phi) is 3.43. The van der Waals surface area contributed by atoms with Crippen LogP contribution in [0.1, 0.15) is 12.5 Å². The van der Waals surface area contributed by atoms with Crippen molar-refractivity contribution in [3.05, 3.63) is 66.0 Å². The van der Waals surface area contributed by atoms with Crippen LogP contribution in [-0.2, 0) is 14.8 Å². The van der Waals surface area contributed by atoms with Crippen LogP contribution in [0.2, 0.25) is 0 Å². The lowest BCUT2D eigenvalue weighted by atomic mass is 10.1. The predicted octanol–water partition coefficient (Wildman–Crippen LogP) is 2.46. The molecule has 0 spiro atoms. The Morgan fingerprint density at radius 1 is 1.00 bits per heavy atom. The first-order valence-electron chi connectivity index (χ1n) is 5.64. The second-order valence-corrected chi connectivity index (χ2v) is 6.58. The number of sulfone groups is 1. The van der Waals surface area contributed by atoms with Gasteiger partial charge in [-0.1, -0.05) is 30.3 Å². The van der Waals surface area contributed by atoms with E-state index in [-0.39, 0.29) is 10.5 Å². The molecule has 0 saturated heterocycles. The maximum Gasteiger partial charge on any atom is 0.211 e. The molecule has 100 valence electrons. The minimum Gasteiger partial charge on any atom is -0.371 e. The van der Waals surface area contributed by atoms with Gasteiger partial charge in [0.2, 0.25) is 9.84 Å². The van der Waals surface area contributed by atoms with Crippen molar-refractivity contribution in [2.45, 2.75) is 16.8 Å². The Hall–Kier alpha value is -1.72. The van der Waals surface area contributed by atoms with Crippen molar-refractivity contribution >= 4 is 9.84 Å². The molecule has 0 radical (unpaired) electrons. The third kappa shape index (κ3) is 2.39. The van der Waals surface area contributed by atoms with E-state index in [2.05, 4.69) is 0 Å². The summed E-state index contributed by atoms with van der Waals surface area (Å²) in [7, 11) is -3.97. The molecule has 0 amide bonds. The molecule has 3 nitrogen and oxygen atoms in total. The number of halogens is 1. The van der Waals surface area contributed by atoms with Gasteiger partial charge in [-0.2, -0.15) is 0 Å². The minimum atomic E-state index is -3.97. The SMILES string of the molecule is CC(O)(c1ccc(F)cc1)S(=O)(=O)c1ccccc1. The number of rotatable bonds is 3. The monoisotopic (exact) mass is 280 g/mol. The summed E-state index contributed by atoms with van der Waals surface area (Å²) in [5.41, 5.74) is 0.123. The first kappa shape index (κ1) is 13.7. The van der Waals surface area contributed by atoms with Crippen LogP contribution in [0, 0.1) is 5.82 Å². The first-order valence-corrected chi connectivity index (χ1v) is 7.12. The number of benzene rings is 2. The van der Waals surface area contributed by atoms with Gasteiger partial charge in [0.05, 0.1) is 4.90 Å². The summed E-state index contributed by atoms with van der Waals surface area (Å²) in [6.45, 7) is 1.18. The van der Waals surface area contributed by atoms with E-state index in [1.54, 1.807) is 18.2 Å². The average Bonchev–Trinajstić information content (AvgIpc) is 2.40. The van der Waals surface area contributed by atoms with E-state index in [1.165, 1.54) is 31.2 Å². The van der Waals surface area contributed by atoms with E-state index in [4.69, 9.17) is 0 Å². The van der Waals surface area contributed by atoms with Crippen molar-refractivity contribution in [2.24, 2.45) is 0 Å². The van der Waals surface area contributed by atoms with Gasteiger partial charge in [-0.15, -0.1) is 0 Å². The zero-order valence-corrected chi connectivity index (χ0v) is 11.1. The van der Waals surface area contributed by atoms with Gasteiger partial charge >= 0.3 is 0 Å². The largest absolute Gasteiger partial charge is 0.371 e. The van der Waals surface area contributed by atoms with Crippen LogP contribution in [0.5, 0.6) is 0 Å². The van der Waals surface area contributed by atoms with Crippen molar-refractivity contribution in [1.82, 2.24) is 0 Å². The summed E-state index contributed by atoms with van der Waals surface area (Å²) in [4.78, 5) is -2.09. The summed E-state index contributed by atoms with van der Waals surface area (Å²) >= 11 is 0. The van der Waals surface area contributed by atoms with Gasteiger partial charge in [0.15, 0.2) is 4.93 Å². The van der Waals surface area contributed by atoms with Gasteiger partial charge < -0.3 is 5.11 Å². The van der Waals surface area contributed by atoms with Crippen LogP contribution in [-0.4, -0.2) is 13.5 Å². The Morgan fingerprint density at radius 3 is 2.05 bits per heavy atom. The summed E-state index contributed by atoms with van der Waals surface area (Å²) in [5, 5.41) is 10.3. The molecular formula is C14H13FO3S. The van der Waals surface area contributed by atoms with Gasteiger partial charge in [-0.3, -0.25) is 0 Å². The third-order valence-corrected chi connectivity index (χ3v) is 5.13. The third-order valence-electron chi connectivity index (χ3n) is 2.96. The fourth-order valence-corrected chi connectivity index (χ4v) is 3.16. The van der Waals surface area contributed by atoms with Crippen LogP contribution in [0.15, 0.2) is 59.5 Å². The maximum atomic E-state index is 12.9. The highest BCUT2D eigenvalue weighted by atomic mass is 32.2. The van der Waals surface area contributed by atoms with Crippen molar-refractivity contribution in [1.29, 1.82) is 0 Å². The highest BCUT2D eigenvalue weighted by Gasteiger charge is 2.39. The lowest BCUT2D eigenvalue weighted by molar-refractivity contribution is 0.145. The quantitative estimate of drug-likeness (QED) is 0.939. The summed E-state index contributed by atoms with van der Waals surface area (Å²) in [5.74, 6) is -0.489. The topological polar surface area (TPSA) is 54.4 Å². The van der Waals surface area contributed by atoms with Crippen molar-refractivity contribution in [3.63, 3.8) is 0 Å². The minimum absolute atomic E-state index is 0.0179. The maximum absolute atomic E-state index is 12.9. The molecule has 5 heteroatoms. The molecule has 2 rings (SSSR count). The lowest BCUT2D eigenvalue weighted by Crippen LogP contribution is -2.32. The average molecular weight is 280 g/mol. The molecule has 0 heterocycles. The number of hydrogen-bond donors (Lipinski definition) is 1. The van der Waals surface area contributed by atoms with E-state index in [0.717, 1.165) is 12.1 Å². The highest BCUT2D eigenvalue weighted by molar-refractivity contribution is 7.92. The molecule has 0 aliphatic rings. The molecule has 0 fully saturated rings. The normalized spacial score (nSPS) is 14.9. The van der Waals surface area contributed by atoms with E-state index < -0.39 is 20.6 Å². The zero-order valence-electron chi connectivity index (χ0n) is 10.2. The Balaban J connectivity index is 2.53. The molecule has 2 aromatic rings. The Morgan fingerprint density at radius 2 is 1.53 bits per heavy atom. The van der Waals surface area contributed by atoms with Crippen molar-refractivity contribution in [3.8, 4) is 0 Å². The van der Waals surface area contributed by atoms with E-state index in [1.807, 2.05) is 0 Å². The Bertz CT molecular complexity index is 662. The van der Waals surface area contributed by atoms with Crippen molar-refractivity contribution < 1.29 is 17.9 Å². The zero-order chi connectivity index (χ0) is 14.1. The molecule has 0 aromatic heterocycles. The highest BCUT2D eigenvalue weighted by Crippen LogP contribution is 2.32. The van der Waals surface area contributed by atoms with Gasteiger partial charge in [-0.25, -0.2) is 12.8 Å². The fraction of sp³-hybridized carbons (Fsp3) is 0.143.